The standard InChI is InChI=1S/C26H32F6N2/c1-13-14(2)22-10-34(26(30,31)32)12-24(22)19(7)17(5)23(18(6)20(24)8)11-33(25(27,28)29)9-21(13,23)15(3)16(22)4/h9-12H2,1-8H3. The van der Waals surface area contributed by atoms with Gasteiger partial charge in [0.1, 0.15) is 0 Å². The molecule has 0 N–H and O–H groups in total. The van der Waals surface area contributed by atoms with Gasteiger partial charge in [-0.1, -0.05) is 44.6 Å². The number of alkyl halides is 6. The molecule has 0 aromatic rings. The summed E-state index contributed by atoms with van der Waals surface area (Å²) in [6.07, 6.45) is -9.00. The number of hydrogen-bond donors (Lipinski definition) is 0. The van der Waals surface area contributed by atoms with Crippen LogP contribution in [0.25, 0.3) is 0 Å². The van der Waals surface area contributed by atoms with Crippen molar-refractivity contribution in [3.05, 3.63) is 44.6 Å². The normalized spacial score (nSPS) is 41.1. The maximum atomic E-state index is 14.3. The first-order valence-corrected chi connectivity index (χ1v) is 11.8. The highest BCUT2D eigenvalue weighted by Crippen LogP contribution is 2.79. The number of halogens is 6. The van der Waals surface area contributed by atoms with Gasteiger partial charge in [-0.2, -0.15) is 26.3 Å². The van der Waals surface area contributed by atoms with Gasteiger partial charge in [-0.3, -0.25) is 0 Å². The summed E-state index contributed by atoms with van der Waals surface area (Å²) in [5.41, 5.74) is 2.72. The second kappa shape index (κ2) is 6.23. The van der Waals surface area contributed by atoms with Crippen LogP contribution in [-0.2, 0) is 0 Å². The zero-order valence-corrected chi connectivity index (χ0v) is 21.0. The van der Waals surface area contributed by atoms with Crippen molar-refractivity contribution in [3.8, 4) is 0 Å². The van der Waals surface area contributed by atoms with Crippen molar-refractivity contribution in [2.24, 2.45) is 21.7 Å². The molecule has 2 nitrogen and oxygen atoms in total. The predicted octanol–water partition coefficient (Wildman–Crippen LogP) is 6.99. The lowest BCUT2D eigenvalue weighted by atomic mass is 9.36. The number of nitrogens with zero attached hydrogens (tertiary/aromatic N) is 2. The highest BCUT2D eigenvalue weighted by atomic mass is 19.4. The van der Waals surface area contributed by atoms with Crippen molar-refractivity contribution in [1.29, 1.82) is 0 Å². The minimum absolute atomic E-state index is 0.218. The average molecular weight is 487 g/mol. The number of fused-ring (bicyclic) bond motifs is 2. The molecule has 0 unspecified atom stereocenters. The van der Waals surface area contributed by atoms with Crippen LogP contribution in [-0.4, -0.2) is 48.6 Å². The van der Waals surface area contributed by atoms with Crippen molar-refractivity contribution in [1.82, 2.24) is 9.80 Å². The van der Waals surface area contributed by atoms with Crippen LogP contribution in [0.2, 0.25) is 0 Å². The molecule has 2 fully saturated rings. The molecule has 2 saturated heterocycles. The second-order valence-corrected chi connectivity index (χ2v) is 11.3. The minimum Gasteiger partial charge on any atom is -0.212 e. The Kier molecular flexibility index (Phi) is 4.43. The Balaban J connectivity index is 1.99. The zero-order chi connectivity index (χ0) is 25.6. The summed E-state index contributed by atoms with van der Waals surface area (Å²) in [4.78, 5) is 1.26. The van der Waals surface area contributed by atoms with Gasteiger partial charge in [0.2, 0.25) is 0 Å². The third-order valence-corrected chi connectivity index (χ3v) is 11.3. The third kappa shape index (κ3) is 2.09. The summed E-state index contributed by atoms with van der Waals surface area (Å²) < 4.78 is 85.7. The fourth-order valence-electron chi connectivity index (χ4n) is 9.35. The Hall–Kier alpha value is -1.54. The molecule has 34 heavy (non-hydrogen) atoms. The van der Waals surface area contributed by atoms with Gasteiger partial charge < -0.3 is 0 Å². The lowest BCUT2D eigenvalue weighted by Gasteiger charge is -2.66. The molecule has 0 aromatic carbocycles. The lowest BCUT2D eigenvalue weighted by molar-refractivity contribution is -0.242. The molecular weight excluding hydrogens is 454 g/mol. The molecule has 2 aliphatic carbocycles. The molecule has 2 heterocycles. The van der Waals surface area contributed by atoms with E-state index in [1.807, 2.05) is 55.4 Å². The zero-order valence-electron chi connectivity index (χ0n) is 21.0. The Morgan fingerprint density at radius 2 is 0.559 bits per heavy atom. The van der Waals surface area contributed by atoms with E-state index in [0.717, 1.165) is 44.6 Å². The van der Waals surface area contributed by atoms with Gasteiger partial charge in [0.05, 0.1) is 0 Å². The molecule has 4 aliphatic rings. The Labute approximate surface area is 197 Å². The fourth-order valence-corrected chi connectivity index (χ4v) is 9.35. The van der Waals surface area contributed by atoms with Crippen LogP contribution < -0.4 is 0 Å². The fraction of sp³-hybridized carbons (Fsp3) is 0.692. The molecule has 8 heteroatoms. The van der Waals surface area contributed by atoms with E-state index in [1.54, 1.807) is 0 Å². The Bertz CT molecular complexity index is 929. The maximum Gasteiger partial charge on any atom is 0.459 e. The van der Waals surface area contributed by atoms with E-state index in [-0.39, 0.29) is 26.2 Å². The molecule has 0 saturated carbocycles. The first kappa shape index (κ1) is 24.2. The number of hydrogen-bond acceptors (Lipinski definition) is 2. The Morgan fingerprint density at radius 1 is 0.412 bits per heavy atom. The molecule has 0 aromatic heterocycles. The molecule has 188 valence electrons. The number of likely N-dealkylation sites (tertiary alicyclic amines) is 2. The molecule has 0 atom stereocenters. The van der Waals surface area contributed by atoms with Gasteiger partial charge in [0.25, 0.3) is 0 Å². The molecule has 0 amide bonds. The van der Waals surface area contributed by atoms with Crippen molar-refractivity contribution >= 4 is 0 Å². The van der Waals surface area contributed by atoms with Crippen molar-refractivity contribution in [2.45, 2.75) is 68.0 Å². The van der Waals surface area contributed by atoms with Gasteiger partial charge in [-0.15, -0.1) is 0 Å². The van der Waals surface area contributed by atoms with Crippen LogP contribution in [0.15, 0.2) is 44.6 Å². The van der Waals surface area contributed by atoms with Crippen molar-refractivity contribution < 1.29 is 26.3 Å². The smallest absolute Gasteiger partial charge is 0.212 e. The van der Waals surface area contributed by atoms with Crippen LogP contribution in [0.1, 0.15) is 55.4 Å². The first-order chi connectivity index (χ1) is 15.4. The third-order valence-electron chi connectivity index (χ3n) is 11.3. The van der Waals surface area contributed by atoms with Gasteiger partial charge in [0, 0.05) is 47.8 Å². The average Bonchev–Trinajstić information content (AvgIpc) is 3.29. The first-order valence-electron chi connectivity index (χ1n) is 11.8. The van der Waals surface area contributed by atoms with Gasteiger partial charge >= 0.3 is 12.6 Å². The van der Waals surface area contributed by atoms with E-state index in [9.17, 15) is 26.3 Å². The summed E-state index contributed by atoms with van der Waals surface area (Å²) >= 11 is 0. The van der Waals surface area contributed by atoms with E-state index < -0.39 is 34.3 Å². The van der Waals surface area contributed by atoms with E-state index in [4.69, 9.17) is 0 Å². The largest absolute Gasteiger partial charge is 0.459 e. The quantitative estimate of drug-likeness (QED) is 0.207. The second-order valence-electron chi connectivity index (χ2n) is 11.3. The number of rotatable bonds is 0. The van der Waals surface area contributed by atoms with E-state index in [1.165, 1.54) is 0 Å². The van der Waals surface area contributed by atoms with Crippen molar-refractivity contribution in [3.63, 3.8) is 0 Å². The summed E-state index contributed by atoms with van der Waals surface area (Å²) in [5, 5.41) is 0. The molecule has 4 spiro atoms. The molecule has 0 bridgehead atoms. The maximum absolute atomic E-state index is 14.3. The van der Waals surface area contributed by atoms with E-state index in [0.29, 0.717) is 9.80 Å². The highest BCUT2D eigenvalue weighted by molar-refractivity contribution is 5.67. The Morgan fingerprint density at radius 3 is 0.676 bits per heavy atom. The summed E-state index contributed by atoms with van der Waals surface area (Å²) in [7, 11) is 0. The topological polar surface area (TPSA) is 6.48 Å². The van der Waals surface area contributed by atoms with Gasteiger partial charge in [-0.05, 0) is 55.4 Å². The molecule has 2 aliphatic heterocycles. The van der Waals surface area contributed by atoms with Crippen LogP contribution >= 0.6 is 0 Å². The van der Waals surface area contributed by atoms with E-state index >= 15 is 0 Å². The summed E-state index contributed by atoms with van der Waals surface area (Å²) in [6.45, 7) is 14.2. The molecule has 4 rings (SSSR count). The van der Waals surface area contributed by atoms with Gasteiger partial charge in [0.15, 0.2) is 0 Å². The van der Waals surface area contributed by atoms with Crippen molar-refractivity contribution in [2.75, 3.05) is 26.2 Å². The predicted molar refractivity (Wildman–Crippen MR) is 118 cm³/mol. The SMILES string of the molecule is CC1=C(C)C23CN(C(F)(F)F)CC24C(C)=C(C)C2(CN(C(F)(F)F)CC12C(C)=C3C)C(C)=C4C. The summed E-state index contributed by atoms with van der Waals surface area (Å²) in [5.74, 6) is 0. The molecular formula is C26H32F6N2. The molecule has 0 radical (unpaired) electrons. The van der Waals surface area contributed by atoms with Crippen LogP contribution in [0, 0.1) is 21.7 Å². The minimum atomic E-state index is -4.50. The lowest BCUT2D eigenvalue weighted by Crippen LogP contribution is -2.60. The monoisotopic (exact) mass is 486 g/mol. The van der Waals surface area contributed by atoms with Crippen LogP contribution in [0.4, 0.5) is 26.3 Å². The van der Waals surface area contributed by atoms with Crippen LogP contribution in [0.5, 0.6) is 0 Å². The van der Waals surface area contributed by atoms with E-state index in [2.05, 4.69) is 0 Å². The van der Waals surface area contributed by atoms with Crippen LogP contribution in [0.3, 0.4) is 0 Å². The highest BCUT2D eigenvalue weighted by Gasteiger charge is 2.77. The summed E-state index contributed by atoms with van der Waals surface area (Å²) in [6, 6.07) is 0. The van der Waals surface area contributed by atoms with Gasteiger partial charge in [-0.25, -0.2) is 9.80 Å².